The van der Waals surface area contributed by atoms with Gasteiger partial charge in [0.25, 0.3) is 0 Å². The van der Waals surface area contributed by atoms with E-state index in [9.17, 15) is 9.59 Å². The van der Waals surface area contributed by atoms with E-state index in [-0.39, 0.29) is 11.8 Å². The van der Waals surface area contributed by atoms with Crippen molar-refractivity contribution in [3.63, 3.8) is 0 Å². The molecule has 9 nitrogen and oxygen atoms in total. The van der Waals surface area contributed by atoms with Crippen LogP contribution in [0.5, 0.6) is 0 Å². The Morgan fingerprint density at radius 3 is 2.54 bits per heavy atom. The summed E-state index contributed by atoms with van der Waals surface area (Å²) in [4.78, 5) is 40.3. The van der Waals surface area contributed by atoms with Crippen molar-refractivity contribution < 1.29 is 19.1 Å². The highest BCUT2D eigenvalue weighted by Gasteiger charge is 2.39. The number of ether oxygens (including phenoxy) is 2. The van der Waals surface area contributed by atoms with Crippen molar-refractivity contribution in [2.45, 2.75) is 51.9 Å². The maximum atomic E-state index is 12.8. The predicted molar refractivity (Wildman–Crippen MR) is 132 cm³/mol. The largest absolute Gasteiger partial charge is 0.467 e. The van der Waals surface area contributed by atoms with Crippen LogP contribution in [0.2, 0.25) is 5.28 Å². The Labute approximate surface area is 211 Å². The number of hydrogen-bond donors (Lipinski definition) is 0. The number of benzene rings is 1. The van der Waals surface area contributed by atoms with Gasteiger partial charge in [-0.15, -0.1) is 0 Å². The fourth-order valence-corrected chi connectivity index (χ4v) is 4.71. The van der Waals surface area contributed by atoms with Crippen LogP contribution in [0.1, 0.15) is 37.6 Å². The summed E-state index contributed by atoms with van der Waals surface area (Å²) in [5.41, 5.74) is 2.51. The second-order valence-corrected chi connectivity index (χ2v) is 10.2. The number of amides is 1. The highest BCUT2D eigenvalue weighted by molar-refractivity contribution is 6.28. The summed E-state index contributed by atoms with van der Waals surface area (Å²) in [7, 11) is 1.32. The maximum absolute atomic E-state index is 12.8. The summed E-state index contributed by atoms with van der Waals surface area (Å²) in [5, 5.41) is 0.171. The molecular formula is C25H32ClN5O4. The van der Waals surface area contributed by atoms with Gasteiger partial charge in [0.2, 0.25) is 5.28 Å². The van der Waals surface area contributed by atoms with E-state index in [4.69, 9.17) is 21.1 Å². The van der Waals surface area contributed by atoms with Crippen LogP contribution in [-0.4, -0.2) is 76.8 Å². The van der Waals surface area contributed by atoms with Gasteiger partial charge in [-0.25, -0.2) is 19.6 Å². The normalized spacial score (nSPS) is 18.7. The molecule has 10 heteroatoms. The van der Waals surface area contributed by atoms with Crippen LogP contribution in [0.3, 0.4) is 0 Å². The quantitative estimate of drug-likeness (QED) is 0.466. The molecule has 188 valence electrons. The number of carbonyl (C=O) groups is 2. The minimum Gasteiger partial charge on any atom is -0.467 e. The number of aromatic nitrogens is 2. The third-order valence-corrected chi connectivity index (χ3v) is 6.29. The van der Waals surface area contributed by atoms with Crippen LogP contribution in [0.25, 0.3) is 0 Å². The van der Waals surface area contributed by atoms with Crippen LogP contribution in [-0.2, 0) is 33.8 Å². The first-order valence-electron chi connectivity index (χ1n) is 11.8. The Morgan fingerprint density at radius 2 is 1.86 bits per heavy atom. The lowest BCUT2D eigenvalue weighted by atomic mass is 10.0. The topological polar surface area (TPSA) is 88.1 Å². The lowest BCUT2D eigenvalue weighted by Crippen LogP contribution is -2.59. The van der Waals surface area contributed by atoms with E-state index >= 15 is 0 Å². The van der Waals surface area contributed by atoms with Crippen molar-refractivity contribution in [1.82, 2.24) is 19.8 Å². The molecule has 1 fully saturated rings. The number of piperazine rings is 1. The number of fused-ring (bicyclic) bond motifs is 1. The molecule has 0 saturated carbocycles. The zero-order valence-electron chi connectivity index (χ0n) is 20.7. The van der Waals surface area contributed by atoms with Gasteiger partial charge in [-0.3, -0.25) is 9.80 Å². The van der Waals surface area contributed by atoms with Crippen LogP contribution >= 0.6 is 11.6 Å². The summed E-state index contributed by atoms with van der Waals surface area (Å²) in [6, 6.07) is 9.51. The summed E-state index contributed by atoms with van der Waals surface area (Å²) < 4.78 is 10.5. The lowest BCUT2D eigenvalue weighted by molar-refractivity contribution is -0.147. The van der Waals surface area contributed by atoms with Crippen molar-refractivity contribution in [3.05, 3.63) is 52.4 Å². The number of esters is 1. The van der Waals surface area contributed by atoms with Crippen LogP contribution in [0, 0.1) is 0 Å². The molecule has 2 aromatic rings. The molecule has 1 amide bonds. The molecule has 0 N–H and O–H groups in total. The highest BCUT2D eigenvalue weighted by atomic mass is 35.5. The van der Waals surface area contributed by atoms with E-state index in [1.54, 1.807) is 20.8 Å². The Balaban J connectivity index is 1.54. The third-order valence-electron chi connectivity index (χ3n) is 6.13. The van der Waals surface area contributed by atoms with Crippen molar-refractivity contribution in [1.29, 1.82) is 0 Å². The molecule has 1 saturated heterocycles. The van der Waals surface area contributed by atoms with Crippen molar-refractivity contribution in [2.24, 2.45) is 0 Å². The van der Waals surface area contributed by atoms with Crippen LogP contribution in [0.4, 0.5) is 10.6 Å². The smallest absolute Gasteiger partial charge is 0.411 e. The number of halogens is 1. The molecule has 1 atom stereocenters. The Morgan fingerprint density at radius 1 is 1.11 bits per heavy atom. The summed E-state index contributed by atoms with van der Waals surface area (Å²) in [5.74, 6) is 0.223. The van der Waals surface area contributed by atoms with Gasteiger partial charge in [0.05, 0.1) is 19.3 Å². The van der Waals surface area contributed by atoms with E-state index in [1.165, 1.54) is 17.6 Å². The van der Waals surface area contributed by atoms with Gasteiger partial charge in [-0.05, 0) is 44.4 Å². The Hall–Kier alpha value is -2.91. The maximum Gasteiger partial charge on any atom is 0.411 e. The standard InChI is InChI=1S/C25H32ClN5O4/c1-25(2,3)35-24(33)31-13-12-30(16-20(31)22(32)34-4)21-18-10-11-29(14-17-8-6-5-7-9-17)15-19(18)27-23(26)28-21/h5-9,20H,10-16H2,1-4H3. The van der Waals surface area contributed by atoms with Gasteiger partial charge < -0.3 is 14.4 Å². The molecule has 2 aliphatic rings. The van der Waals surface area contributed by atoms with E-state index in [0.29, 0.717) is 19.6 Å². The predicted octanol–water partition coefficient (Wildman–Crippen LogP) is 3.29. The molecule has 35 heavy (non-hydrogen) atoms. The monoisotopic (exact) mass is 501 g/mol. The Bertz CT molecular complexity index is 1080. The average Bonchev–Trinajstić information content (AvgIpc) is 2.82. The molecule has 0 aliphatic carbocycles. The second-order valence-electron chi connectivity index (χ2n) is 9.85. The van der Waals surface area contributed by atoms with Gasteiger partial charge in [0.15, 0.2) is 6.04 Å². The van der Waals surface area contributed by atoms with Crippen molar-refractivity contribution >= 4 is 29.5 Å². The minimum absolute atomic E-state index is 0.171. The summed E-state index contributed by atoms with van der Waals surface area (Å²) in [6.07, 6.45) is 0.232. The molecule has 3 heterocycles. The summed E-state index contributed by atoms with van der Waals surface area (Å²) >= 11 is 6.34. The molecule has 4 rings (SSSR count). The first kappa shape index (κ1) is 25.2. The molecule has 0 radical (unpaired) electrons. The van der Waals surface area contributed by atoms with Gasteiger partial charge in [0.1, 0.15) is 11.4 Å². The number of hydrogen-bond acceptors (Lipinski definition) is 8. The third kappa shape index (κ3) is 6.02. The number of methoxy groups -OCH3 is 1. The van der Waals surface area contributed by atoms with E-state index in [2.05, 4.69) is 27.0 Å². The van der Waals surface area contributed by atoms with Crippen molar-refractivity contribution in [2.75, 3.05) is 38.2 Å². The van der Waals surface area contributed by atoms with Gasteiger partial charge in [-0.2, -0.15) is 0 Å². The zero-order valence-corrected chi connectivity index (χ0v) is 21.4. The number of anilines is 1. The van der Waals surface area contributed by atoms with Crippen molar-refractivity contribution in [3.8, 4) is 0 Å². The first-order chi connectivity index (χ1) is 16.6. The molecule has 0 spiro atoms. The number of rotatable bonds is 4. The molecule has 0 bridgehead atoms. The van der Waals surface area contributed by atoms with Gasteiger partial charge in [-0.1, -0.05) is 30.3 Å². The van der Waals surface area contributed by atoms with Gasteiger partial charge in [0, 0.05) is 38.3 Å². The first-order valence-corrected chi connectivity index (χ1v) is 12.2. The fourth-order valence-electron chi connectivity index (χ4n) is 4.53. The fraction of sp³-hybridized carbons (Fsp3) is 0.520. The zero-order chi connectivity index (χ0) is 25.2. The molecule has 1 aromatic carbocycles. The SMILES string of the molecule is COC(=O)C1CN(c2nc(Cl)nc3c2CCN(Cc2ccccc2)C3)CCN1C(=O)OC(C)(C)C. The van der Waals surface area contributed by atoms with Gasteiger partial charge >= 0.3 is 12.1 Å². The summed E-state index contributed by atoms with van der Waals surface area (Å²) in [6.45, 7) is 8.76. The molecule has 1 aromatic heterocycles. The minimum atomic E-state index is -0.814. The molecular weight excluding hydrogens is 470 g/mol. The highest BCUT2D eigenvalue weighted by Crippen LogP contribution is 2.30. The average molecular weight is 502 g/mol. The van der Waals surface area contributed by atoms with E-state index in [0.717, 1.165) is 36.6 Å². The number of nitrogens with zero attached hydrogens (tertiary/aromatic N) is 5. The molecule has 2 aliphatic heterocycles. The van der Waals surface area contributed by atoms with E-state index < -0.39 is 23.7 Å². The van der Waals surface area contributed by atoms with E-state index in [1.807, 2.05) is 23.1 Å². The Kier molecular flexibility index (Phi) is 7.47. The second kappa shape index (κ2) is 10.4. The lowest BCUT2D eigenvalue weighted by Gasteiger charge is -2.41. The van der Waals surface area contributed by atoms with Crippen LogP contribution < -0.4 is 4.90 Å². The number of carbonyl (C=O) groups excluding carboxylic acids is 2. The van der Waals surface area contributed by atoms with Crippen LogP contribution in [0.15, 0.2) is 30.3 Å². The molecule has 1 unspecified atom stereocenters.